The molecule has 0 radical (unpaired) electrons. The van der Waals surface area contributed by atoms with Crippen molar-refractivity contribution in [1.29, 1.82) is 0 Å². The van der Waals surface area contributed by atoms with Crippen LogP contribution in [0.15, 0.2) is 65.3 Å². The average molecular weight is 356 g/mol. The molecular weight excluding hydrogens is 343 g/mol. The highest BCUT2D eigenvalue weighted by molar-refractivity contribution is 7.17. The average Bonchev–Trinajstić information content (AvgIpc) is 3.30. The topological polar surface area (TPSA) is 71.3 Å². The van der Waals surface area contributed by atoms with Gasteiger partial charge in [0.2, 0.25) is 0 Å². The Bertz CT molecular complexity index is 899. The van der Waals surface area contributed by atoms with Crippen LogP contribution in [-0.2, 0) is 4.79 Å². The van der Waals surface area contributed by atoms with Gasteiger partial charge in [-0.25, -0.2) is 4.39 Å². The van der Waals surface area contributed by atoms with Crippen LogP contribution < -0.4 is 10.9 Å². The first-order valence-electron chi connectivity index (χ1n) is 7.29. The SMILES string of the molecule is O=C(/C=C/c1ccco1)NNC(=O)c1ccc(-c2ccc(F)cc2)s1. The summed E-state index contributed by atoms with van der Waals surface area (Å²) in [5, 5.41) is 0. The molecule has 3 aromatic rings. The van der Waals surface area contributed by atoms with Crippen molar-refractivity contribution in [3.05, 3.63) is 77.3 Å². The van der Waals surface area contributed by atoms with E-state index in [4.69, 9.17) is 4.42 Å². The fourth-order valence-corrected chi connectivity index (χ4v) is 2.90. The number of halogens is 1. The van der Waals surface area contributed by atoms with Crippen LogP contribution in [0.4, 0.5) is 4.39 Å². The van der Waals surface area contributed by atoms with Gasteiger partial charge in [0.05, 0.1) is 11.1 Å². The molecule has 2 aromatic heterocycles. The fraction of sp³-hybridized carbons (Fsp3) is 0. The molecule has 1 aromatic carbocycles. The summed E-state index contributed by atoms with van der Waals surface area (Å²) in [5.74, 6) is -0.703. The molecule has 3 rings (SSSR count). The van der Waals surface area contributed by atoms with Gasteiger partial charge in [-0.15, -0.1) is 11.3 Å². The number of rotatable bonds is 4. The van der Waals surface area contributed by atoms with E-state index < -0.39 is 11.8 Å². The maximum Gasteiger partial charge on any atom is 0.279 e. The van der Waals surface area contributed by atoms with Crippen molar-refractivity contribution in [2.45, 2.75) is 0 Å². The predicted octanol–water partition coefficient (Wildman–Crippen LogP) is 3.62. The first-order chi connectivity index (χ1) is 12.1. The van der Waals surface area contributed by atoms with Crippen molar-refractivity contribution < 1.29 is 18.4 Å². The first kappa shape index (κ1) is 16.7. The number of benzene rings is 1. The number of nitrogens with one attached hydrogen (secondary N) is 2. The molecule has 0 aliphatic heterocycles. The first-order valence-corrected chi connectivity index (χ1v) is 8.11. The van der Waals surface area contributed by atoms with E-state index in [0.29, 0.717) is 10.6 Å². The summed E-state index contributed by atoms with van der Waals surface area (Å²) in [4.78, 5) is 25.0. The van der Waals surface area contributed by atoms with E-state index in [1.165, 1.54) is 41.9 Å². The summed E-state index contributed by atoms with van der Waals surface area (Å²) < 4.78 is 18.0. The van der Waals surface area contributed by atoms with Gasteiger partial charge < -0.3 is 4.42 Å². The van der Waals surface area contributed by atoms with Crippen LogP contribution in [0, 0.1) is 5.82 Å². The number of hydrazine groups is 1. The molecule has 0 spiro atoms. The Morgan fingerprint density at radius 3 is 2.56 bits per heavy atom. The molecule has 25 heavy (non-hydrogen) atoms. The van der Waals surface area contributed by atoms with Gasteiger partial charge in [-0.3, -0.25) is 20.4 Å². The molecule has 0 atom stereocenters. The summed E-state index contributed by atoms with van der Waals surface area (Å²) in [5.41, 5.74) is 5.44. The minimum atomic E-state index is -0.486. The van der Waals surface area contributed by atoms with Crippen molar-refractivity contribution >= 4 is 29.2 Å². The summed E-state index contributed by atoms with van der Waals surface area (Å²) >= 11 is 1.24. The molecule has 0 aliphatic rings. The Morgan fingerprint density at radius 1 is 1.04 bits per heavy atom. The minimum absolute atomic E-state index is 0.316. The highest BCUT2D eigenvalue weighted by Crippen LogP contribution is 2.28. The zero-order valence-electron chi connectivity index (χ0n) is 12.9. The molecule has 2 N–H and O–H groups in total. The second kappa shape index (κ2) is 7.59. The van der Waals surface area contributed by atoms with Crippen molar-refractivity contribution in [1.82, 2.24) is 10.9 Å². The number of hydrogen-bond donors (Lipinski definition) is 2. The Morgan fingerprint density at radius 2 is 1.84 bits per heavy atom. The van der Waals surface area contributed by atoms with Gasteiger partial charge in [-0.1, -0.05) is 12.1 Å². The molecule has 0 unspecified atom stereocenters. The molecule has 0 bridgehead atoms. The second-order valence-electron chi connectivity index (χ2n) is 4.96. The van der Waals surface area contributed by atoms with Gasteiger partial charge in [0.1, 0.15) is 11.6 Å². The van der Waals surface area contributed by atoms with E-state index in [0.717, 1.165) is 10.4 Å². The summed E-state index contributed by atoms with van der Waals surface area (Å²) in [6.07, 6.45) is 4.23. The van der Waals surface area contributed by atoms with E-state index >= 15 is 0 Å². The Kier molecular flexibility index (Phi) is 5.06. The Balaban J connectivity index is 1.56. The molecule has 0 fully saturated rings. The monoisotopic (exact) mass is 356 g/mol. The lowest BCUT2D eigenvalue weighted by atomic mass is 10.2. The van der Waals surface area contributed by atoms with Crippen LogP contribution in [0.5, 0.6) is 0 Å². The molecule has 2 amide bonds. The van der Waals surface area contributed by atoms with Crippen molar-refractivity contribution in [2.75, 3.05) is 0 Å². The van der Waals surface area contributed by atoms with Gasteiger partial charge in [0, 0.05) is 11.0 Å². The van der Waals surface area contributed by atoms with E-state index in [9.17, 15) is 14.0 Å². The summed E-state index contributed by atoms with van der Waals surface area (Å²) in [6.45, 7) is 0. The van der Waals surface area contributed by atoms with Crippen LogP contribution in [0.1, 0.15) is 15.4 Å². The van der Waals surface area contributed by atoms with E-state index in [1.807, 2.05) is 0 Å². The van der Waals surface area contributed by atoms with E-state index in [1.54, 1.807) is 36.4 Å². The fourth-order valence-electron chi connectivity index (χ4n) is 1.99. The lowest BCUT2D eigenvalue weighted by molar-refractivity contribution is -0.117. The third-order valence-corrected chi connectivity index (χ3v) is 4.33. The lowest BCUT2D eigenvalue weighted by Crippen LogP contribution is -2.40. The molecule has 5 nitrogen and oxygen atoms in total. The highest BCUT2D eigenvalue weighted by atomic mass is 32.1. The maximum atomic E-state index is 13.0. The molecular formula is C18H13FN2O3S. The van der Waals surface area contributed by atoms with Crippen LogP contribution in [-0.4, -0.2) is 11.8 Å². The quantitative estimate of drug-likeness (QED) is 0.554. The molecule has 7 heteroatoms. The van der Waals surface area contributed by atoms with Crippen molar-refractivity contribution in [2.24, 2.45) is 0 Å². The normalized spacial score (nSPS) is 10.8. The van der Waals surface area contributed by atoms with Gasteiger partial charge in [0.25, 0.3) is 11.8 Å². The maximum absolute atomic E-state index is 13.0. The van der Waals surface area contributed by atoms with E-state index in [2.05, 4.69) is 10.9 Å². The summed E-state index contributed by atoms with van der Waals surface area (Å²) in [6, 6.07) is 12.8. The number of thiophene rings is 1. The third kappa shape index (κ3) is 4.42. The molecule has 0 aliphatic carbocycles. The molecule has 126 valence electrons. The Hall–Kier alpha value is -3.19. The third-order valence-electron chi connectivity index (χ3n) is 3.20. The lowest BCUT2D eigenvalue weighted by Gasteiger charge is -2.03. The van der Waals surface area contributed by atoms with Gasteiger partial charge in [-0.2, -0.15) is 0 Å². The number of carbonyl (C=O) groups excluding carboxylic acids is 2. The van der Waals surface area contributed by atoms with Gasteiger partial charge in [0.15, 0.2) is 0 Å². The second-order valence-corrected chi connectivity index (χ2v) is 6.05. The van der Waals surface area contributed by atoms with Gasteiger partial charge >= 0.3 is 0 Å². The van der Waals surface area contributed by atoms with E-state index in [-0.39, 0.29) is 5.82 Å². The number of carbonyl (C=O) groups is 2. The zero-order valence-corrected chi connectivity index (χ0v) is 13.7. The summed E-state index contributed by atoms with van der Waals surface area (Å²) in [7, 11) is 0. The smallest absolute Gasteiger partial charge is 0.279 e. The standard InChI is InChI=1S/C18H13FN2O3S/c19-13-5-3-12(4-6-13)15-8-9-16(25-15)18(23)21-20-17(22)10-7-14-2-1-11-24-14/h1-11H,(H,20,22)(H,21,23)/b10-7+. The van der Waals surface area contributed by atoms with Crippen LogP contribution in [0.2, 0.25) is 0 Å². The molecule has 2 heterocycles. The van der Waals surface area contributed by atoms with Crippen LogP contribution in [0.25, 0.3) is 16.5 Å². The van der Waals surface area contributed by atoms with Crippen LogP contribution >= 0.6 is 11.3 Å². The van der Waals surface area contributed by atoms with Crippen molar-refractivity contribution in [3.8, 4) is 10.4 Å². The largest absolute Gasteiger partial charge is 0.465 e. The number of amides is 2. The van der Waals surface area contributed by atoms with Crippen molar-refractivity contribution in [3.63, 3.8) is 0 Å². The number of hydrogen-bond acceptors (Lipinski definition) is 4. The molecule has 0 saturated carbocycles. The number of furan rings is 1. The Labute approximate surface area is 146 Å². The minimum Gasteiger partial charge on any atom is -0.465 e. The molecule has 0 saturated heterocycles. The predicted molar refractivity (Wildman–Crippen MR) is 93.1 cm³/mol. The van der Waals surface area contributed by atoms with Crippen LogP contribution in [0.3, 0.4) is 0 Å². The van der Waals surface area contributed by atoms with Gasteiger partial charge in [-0.05, 0) is 48.0 Å². The zero-order chi connectivity index (χ0) is 17.6. The highest BCUT2D eigenvalue weighted by Gasteiger charge is 2.10.